The largest absolute Gasteiger partial charge is 0.296 e. The molecule has 3 nitrogen and oxygen atoms in total. The molecule has 0 atom stereocenters. The van der Waals surface area contributed by atoms with Crippen molar-refractivity contribution < 1.29 is 4.79 Å². The van der Waals surface area contributed by atoms with Crippen LogP contribution in [0.2, 0.25) is 0 Å². The third-order valence-electron chi connectivity index (χ3n) is 3.21. The Hall–Kier alpha value is -2.16. The molecule has 17 heavy (non-hydrogen) atoms. The third-order valence-corrected chi connectivity index (χ3v) is 3.21. The molecule has 0 bridgehead atoms. The average molecular weight is 224 g/mol. The Morgan fingerprint density at radius 3 is 2.35 bits per heavy atom. The van der Waals surface area contributed by atoms with E-state index in [-0.39, 0.29) is 5.91 Å². The zero-order valence-electron chi connectivity index (χ0n) is 9.77. The lowest BCUT2D eigenvalue weighted by atomic mass is 9.94. The van der Waals surface area contributed by atoms with Crippen LogP contribution in [0, 0.1) is 0 Å². The molecule has 0 fully saturated rings. The highest BCUT2D eigenvalue weighted by Crippen LogP contribution is 2.29. The number of carbonyl (C=O) groups excluding carboxylic acids is 1. The third kappa shape index (κ3) is 1.22. The number of hydrogen-bond donors (Lipinski definition) is 0. The smallest absolute Gasteiger partial charge is 0.259 e. The minimum Gasteiger partial charge on any atom is -0.296 e. The van der Waals surface area contributed by atoms with Crippen molar-refractivity contribution in [2.75, 3.05) is 14.1 Å². The van der Waals surface area contributed by atoms with E-state index in [0.717, 1.165) is 27.7 Å². The molecule has 0 unspecified atom stereocenters. The molecule has 1 amide bonds. The van der Waals surface area contributed by atoms with Crippen molar-refractivity contribution in [1.29, 1.82) is 0 Å². The van der Waals surface area contributed by atoms with Gasteiger partial charge in [0.2, 0.25) is 0 Å². The fourth-order valence-electron chi connectivity index (χ4n) is 2.43. The second-order valence-electron chi connectivity index (χ2n) is 4.12. The van der Waals surface area contributed by atoms with Crippen LogP contribution in [0.3, 0.4) is 0 Å². The van der Waals surface area contributed by atoms with Gasteiger partial charge in [0.05, 0.1) is 0 Å². The predicted octanol–water partition coefficient (Wildman–Crippen LogP) is 2.30. The summed E-state index contributed by atoms with van der Waals surface area (Å²) in [7, 11) is 3.48. The zero-order valence-corrected chi connectivity index (χ0v) is 9.77. The van der Waals surface area contributed by atoms with Gasteiger partial charge in [-0.3, -0.25) is 14.7 Å². The molecule has 1 heterocycles. The Kier molecular flexibility index (Phi) is 2.01. The van der Waals surface area contributed by atoms with Crippen molar-refractivity contribution in [3.05, 3.63) is 47.5 Å². The predicted molar refractivity (Wildman–Crippen MR) is 68.5 cm³/mol. The first-order chi connectivity index (χ1) is 8.24. The van der Waals surface area contributed by atoms with Crippen LogP contribution < -0.4 is 0 Å². The first kappa shape index (κ1) is 10.0. The average Bonchev–Trinajstić information content (AvgIpc) is 2.37. The van der Waals surface area contributed by atoms with E-state index in [2.05, 4.69) is 4.99 Å². The van der Waals surface area contributed by atoms with Gasteiger partial charge in [-0.15, -0.1) is 0 Å². The number of amidine groups is 1. The van der Waals surface area contributed by atoms with E-state index in [1.807, 2.05) is 36.4 Å². The quantitative estimate of drug-likeness (QED) is 0.675. The maximum Gasteiger partial charge on any atom is 0.259 e. The Morgan fingerprint density at radius 2 is 1.71 bits per heavy atom. The second kappa shape index (κ2) is 3.42. The lowest BCUT2D eigenvalue weighted by molar-refractivity contribution is 0.0870. The molecule has 1 aliphatic rings. The molecular weight excluding hydrogens is 212 g/mol. The molecule has 3 rings (SSSR count). The van der Waals surface area contributed by atoms with Gasteiger partial charge in [0, 0.05) is 30.6 Å². The molecule has 0 saturated carbocycles. The van der Waals surface area contributed by atoms with E-state index < -0.39 is 0 Å². The number of nitrogens with zero attached hydrogens (tertiary/aromatic N) is 2. The van der Waals surface area contributed by atoms with Crippen LogP contribution in [0.1, 0.15) is 15.9 Å². The molecule has 0 aliphatic carbocycles. The van der Waals surface area contributed by atoms with Crippen LogP contribution in [0.15, 0.2) is 41.4 Å². The minimum atomic E-state index is 0.00917. The van der Waals surface area contributed by atoms with Crippen LogP contribution in [0.4, 0.5) is 0 Å². The van der Waals surface area contributed by atoms with Crippen molar-refractivity contribution in [3.8, 4) is 0 Å². The minimum absolute atomic E-state index is 0.00917. The van der Waals surface area contributed by atoms with Gasteiger partial charge in [0.15, 0.2) is 0 Å². The highest BCUT2D eigenvalue weighted by atomic mass is 16.2. The summed E-state index contributed by atoms with van der Waals surface area (Å²) in [6, 6.07) is 11.8. The molecule has 2 aromatic rings. The summed E-state index contributed by atoms with van der Waals surface area (Å²) < 4.78 is 0. The standard InChI is InChI=1S/C14H12N2O/c1-15-13-10-7-3-5-9-6-4-8-11(12(9)10)14(17)16(13)2/h3-8H,1-2H3. The zero-order chi connectivity index (χ0) is 12.0. The highest BCUT2D eigenvalue weighted by molar-refractivity contribution is 6.26. The molecule has 0 spiro atoms. The van der Waals surface area contributed by atoms with E-state index in [4.69, 9.17) is 0 Å². The van der Waals surface area contributed by atoms with E-state index in [1.165, 1.54) is 0 Å². The summed E-state index contributed by atoms with van der Waals surface area (Å²) in [6.07, 6.45) is 0. The lowest BCUT2D eigenvalue weighted by Gasteiger charge is -2.26. The van der Waals surface area contributed by atoms with Gasteiger partial charge in [0.25, 0.3) is 5.91 Å². The van der Waals surface area contributed by atoms with Gasteiger partial charge < -0.3 is 0 Å². The number of rotatable bonds is 0. The molecule has 0 radical (unpaired) electrons. The monoisotopic (exact) mass is 224 g/mol. The molecule has 0 saturated heterocycles. The first-order valence-electron chi connectivity index (χ1n) is 5.51. The number of hydrogen-bond acceptors (Lipinski definition) is 2. The summed E-state index contributed by atoms with van der Waals surface area (Å²) in [6.45, 7) is 0. The maximum atomic E-state index is 12.2. The van der Waals surface area contributed by atoms with Crippen molar-refractivity contribution in [1.82, 2.24) is 4.90 Å². The van der Waals surface area contributed by atoms with Gasteiger partial charge in [-0.2, -0.15) is 0 Å². The van der Waals surface area contributed by atoms with Gasteiger partial charge in [0.1, 0.15) is 5.84 Å². The normalized spacial score (nSPS) is 16.9. The summed E-state index contributed by atoms with van der Waals surface area (Å²) in [5, 5.41) is 2.10. The SMILES string of the molecule is CN=C1c2cccc3cccc(c23)C(=O)N1C. The number of amides is 1. The number of carbonyl (C=O) groups is 1. The topological polar surface area (TPSA) is 32.7 Å². The molecule has 3 heteroatoms. The van der Waals surface area contributed by atoms with Gasteiger partial charge >= 0.3 is 0 Å². The Morgan fingerprint density at radius 1 is 1.06 bits per heavy atom. The van der Waals surface area contributed by atoms with E-state index in [9.17, 15) is 4.79 Å². The van der Waals surface area contributed by atoms with Crippen LogP contribution in [0.5, 0.6) is 0 Å². The molecular formula is C14H12N2O. The number of benzene rings is 2. The summed E-state index contributed by atoms with van der Waals surface area (Å²) >= 11 is 0. The lowest BCUT2D eigenvalue weighted by Crippen LogP contribution is -2.37. The summed E-state index contributed by atoms with van der Waals surface area (Å²) in [5.74, 6) is 0.745. The Labute approximate surface area is 99.4 Å². The van der Waals surface area contributed by atoms with Crippen LogP contribution in [-0.2, 0) is 0 Å². The maximum absolute atomic E-state index is 12.2. The Balaban J connectivity index is 2.51. The molecule has 84 valence electrons. The van der Waals surface area contributed by atoms with E-state index in [0.29, 0.717) is 0 Å². The molecule has 1 aliphatic heterocycles. The van der Waals surface area contributed by atoms with Gasteiger partial charge in [-0.25, -0.2) is 0 Å². The van der Waals surface area contributed by atoms with E-state index >= 15 is 0 Å². The van der Waals surface area contributed by atoms with Crippen molar-refractivity contribution in [2.24, 2.45) is 4.99 Å². The fraction of sp³-hybridized carbons (Fsp3) is 0.143. The Bertz CT molecular complexity index is 653. The molecule has 0 aromatic heterocycles. The van der Waals surface area contributed by atoms with Gasteiger partial charge in [-0.1, -0.05) is 30.3 Å². The van der Waals surface area contributed by atoms with Gasteiger partial charge in [-0.05, 0) is 11.5 Å². The van der Waals surface area contributed by atoms with Crippen LogP contribution >= 0.6 is 0 Å². The van der Waals surface area contributed by atoms with Crippen molar-refractivity contribution in [3.63, 3.8) is 0 Å². The van der Waals surface area contributed by atoms with Crippen LogP contribution in [0.25, 0.3) is 10.8 Å². The van der Waals surface area contributed by atoms with Crippen molar-refractivity contribution >= 4 is 22.5 Å². The van der Waals surface area contributed by atoms with E-state index in [1.54, 1.807) is 19.0 Å². The second-order valence-corrected chi connectivity index (χ2v) is 4.12. The molecule has 2 aromatic carbocycles. The highest BCUT2D eigenvalue weighted by Gasteiger charge is 2.27. The summed E-state index contributed by atoms with van der Waals surface area (Å²) in [5.41, 5.74) is 1.79. The van der Waals surface area contributed by atoms with Crippen LogP contribution in [-0.4, -0.2) is 30.7 Å². The molecule has 0 N–H and O–H groups in total. The fourth-order valence-corrected chi connectivity index (χ4v) is 2.43. The van der Waals surface area contributed by atoms with Crippen molar-refractivity contribution in [2.45, 2.75) is 0 Å². The summed E-state index contributed by atoms with van der Waals surface area (Å²) in [4.78, 5) is 18.1. The first-order valence-corrected chi connectivity index (χ1v) is 5.51. The number of aliphatic imine (C=N–C) groups is 1.